The third-order valence-electron chi connectivity index (χ3n) is 15.3. The van der Waals surface area contributed by atoms with Gasteiger partial charge in [0.05, 0.1) is 46.4 Å². The maximum atomic E-state index is 14.4. The van der Waals surface area contributed by atoms with Crippen LogP contribution in [0.2, 0.25) is 0 Å². The number of pyridine rings is 2. The van der Waals surface area contributed by atoms with Gasteiger partial charge in [-0.2, -0.15) is 0 Å². The second kappa shape index (κ2) is 28.7. The van der Waals surface area contributed by atoms with Crippen molar-refractivity contribution in [2.45, 2.75) is 114 Å². The van der Waals surface area contributed by atoms with Crippen molar-refractivity contribution in [2.24, 2.45) is 11.7 Å². The minimum atomic E-state index is -4.23. The van der Waals surface area contributed by atoms with Crippen LogP contribution in [0.1, 0.15) is 94.5 Å². The Bertz CT molecular complexity index is 4000. The molecule has 0 spiro atoms. The number of fused-ring (bicyclic) bond motifs is 5. The van der Waals surface area contributed by atoms with Crippen LogP contribution in [0.3, 0.4) is 0 Å². The molecule has 5 atom stereocenters. The Morgan fingerprint density at radius 1 is 0.833 bits per heavy atom. The average molecular weight is 1280 g/mol. The fraction of sp³-hybridized carbons (Fsp3) is 0.328. The number of urea groups is 2. The first-order chi connectivity index (χ1) is 42.5. The number of aromatic nitrogens is 2. The number of para-hydroxylation sites is 1. The second-order valence-corrected chi connectivity index (χ2v) is 24.0. The van der Waals surface area contributed by atoms with Crippen molar-refractivity contribution in [1.82, 2.24) is 35.7 Å². The molecular formula is C61H65N12NaO14S2. The normalized spacial score (nSPS) is 16.5. The summed E-state index contributed by atoms with van der Waals surface area (Å²) in [4.78, 5) is 127. The molecule has 9 rings (SSSR count). The van der Waals surface area contributed by atoms with Crippen LogP contribution in [0.5, 0.6) is 0 Å². The number of nitrogens with zero attached hydrogens (tertiary/aromatic N) is 3. The molecule has 1 saturated heterocycles. The van der Waals surface area contributed by atoms with Gasteiger partial charge in [-0.15, -0.1) is 0 Å². The van der Waals surface area contributed by atoms with Gasteiger partial charge in [-0.25, -0.2) is 32.6 Å². The summed E-state index contributed by atoms with van der Waals surface area (Å²) in [6.45, 7) is 7.19. The zero-order valence-electron chi connectivity index (χ0n) is 49.8. The number of ether oxygens (including phenoxy) is 2. The number of anilines is 4. The van der Waals surface area contributed by atoms with E-state index in [0.717, 1.165) is 10.9 Å². The van der Waals surface area contributed by atoms with E-state index in [9.17, 15) is 56.7 Å². The van der Waals surface area contributed by atoms with Gasteiger partial charge in [-0.05, 0) is 122 Å². The van der Waals surface area contributed by atoms with Crippen molar-refractivity contribution in [2.75, 3.05) is 33.8 Å². The van der Waals surface area contributed by atoms with Crippen LogP contribution >= 0.6 is 12.2 Å². The standard InChI is InChI=1S/C61H66N12O14S2.Na/c1-5-23-63-58(82)65-39-14-10-16-41(27-39)89(84,85)71-40-15-9-13-35(26-40)45(30-50(75)76)68-59(83)64-37-19-21-38(22-20-37)66-60(88)69-46(29-49(62)74)55(79)72-24-11-18-47(72)53(77)70-51(33(3)4)56(80)87-61(6-2)43-28-48-52-36(25-34-12-7-8-17-44(34)67-52)31-73(48)54(78)42(43)32-86-57(61)81;/h7-10,12-17,19-22,25-28,33,45-47,51,71H,5-6,11,18,23-24,29-32H2,1-4H3,(H2,62,74)(H,70,77)(H,75,76)(H2,63,65,82)(H2,64,68,83)(H2,66,69,88);/q;+1/p-1/t45?,46-,47-,51-,61-;/m0./s1. The molecule has 466 valence electrons. The van der Waals surface area contributed by atoms with Crippen molar-refractivity contribution >= 4 is 109 Å². The molecule has 1 fully saturated rings. The molecule has 1 unspecified atom stereocenters. The van der Waals surface area contributed by atoms with Gasteiger partial charge in [0.1, 0.15) is 24.7 Å². The number of aliphatic carboxylic acids is 1. The van der Waals surface area contributed by atoms with Crippen LogP contribution < -0.4 is 87.9 Å². The molecule has 90 heavy (non-hydrogen) atoms. The Hall–Kier alpha value is -8.96. The number of nitrogens with two attached hydrogens (primary N) is 1. The Morgan fingerprint density at radius 3 is 2.23 bits per heavy atom. The SMILES string of the molecule is CCCNC(=O)Nc1cccc(S(=O)(=O)Nc2cccc(C(CC(=O)[O-])NC(=O)Nc3ccc(NC(=S)N[C@@H](CC(N)=O)C(=O)N4CCC[C@H]4C(=O)N[C@H](C(=O)O[C@]4(CC)C(=O)OCc5c4cc4n(c5=O)Cc5cc6ccccc6nc5-4)C(C)C)cc3)c2)c1.[Na+]. The minimum absolute atomic E-state index is 0. The van der Waals surface area contributed by atoms with Gasteiger partial charge < -0.3 is 71.8 Å². The van der Waals surface area contributed by atoms with E-state index in [1.165, 1.54) is 77.7 Å². The van der Waals surface area contributed by atoms with Crippen molar-refractivity contribution in [3.05, 3.63) is 142 Å². The van der Waals surface area contributed by atoms with E-state index >= 15 is 0 Å². The Kier molecular flexibility index (Phi) is 21.3. The molecule has 0 aliphatic carbocycles. The van der Waals surface area contributed by atoms with Crippen LogP contribution in [0, 0.1) is 5.92 Å². The smallest absolute Gasteiger partial charge is 0.550 e. The molecule has 5 heterocycles. The van der Waals surface area contributed by atoms with Crippen LogP contribution in [-0.4, -0.2) is 107 Å². The Labute approximate surface area is 544 Å². The van der Waals surface area contributed by atoms with Crippen LogP contribution in [0.25, 0.3) is 22.3 Å². The number of sulfonamides is 1. The first-order valence-corrected chi connectivity index (χ1v) is 30.5. The number of hydrogen-bond acceptors (Lipinski definition) is 16. The number of carbonyl (C=O) groups is 8. The molecule has 0 saturated carbocycles. The molecule has 2 aromatic heterocycles. The Morgan fingerprint density at radius 2 is 1.53 bits per heavy atom. The molecule has 6 aromatic rings. The largest absolute Gasteiger partial charge is 1.00 e. The maximum Gasteiger partial charge on any atom is 1.00 e. The number of primary amides is 1. The summed E-state index contributed by atoms with van der Waals surface area (Å²) in [6, 6.07) is 22.0. The minimum Gasteiger partial charge on any atom is -0.550 e. The number of carbonyl (C=O) groups excluding carboxylic acids is 8. The van der Waals surface area contributed by atoms with Gasteiger partial charge in [0.15, 0.2) is 5.11 Å². The summed E-state index contributed by atoms with van der Waals surface area (Å²) in [5.74, 6) is -6.31. The number of esters is 2. The van der Waals surface area contributed by atoms with Gasteiger partial charge >= 0.3 is 53.6 Å². The third-order valence-corrected chi connectivity index (χ3v) is 16.9. The summed E-state index contributed by atoms with van der Waals surface area (Å²) in [5, 5.41) is 31.5. The summed E-state index contributed by atoms with van der Waals surface area (Å²) in [7, 11) is -4.23. The van der Waals surface area contributed by atoms with E-state index in [0.29, 0.717) is 42.0 Å². The number of cyclic esters (lactones) is 1. The number of hydrogen-bond donors (Lipinski definition) is 9. The third kappa shape index (κ3) is 15.2. The quantitative estimate of drug-likeness (QED) is 0.0263. The van der Waals surface area contributed by atoms with Crippen LogP contribution in [0.4, 0.5) is 32.3 Å². The molecule has 4 aromatic carbocycles. The van der Waals surface area contributed by atoms with E-state index in [4.69, 9.17) is 32.4 Å². The number of nitrogens with one attached hydrogen (secondary N) is 8. The molecule has 7 amide bonds. The fourth-order valence-corrected chi connectivity index (χ4v) is 12.2. The summed E-state index contributed by atoms with van der Waals surface area (Å²) in [5.41, 5.74) is 6.95. The van der Waals surface area contributed by atoms with Gasteiger partial charge in [-0.3, -0.25) is 23.9 Å². The zero-order valence-corrected chi connectivity index (χ0v) is 53.4. The number of thiocarbonyl (C=S) groups is 1. The Balaban J connectivity index is 0.0000105. The number of benzene rings is 4. The average Bonchev–Trinajstić information content (AvgIpc) is 1.31. The predicted octanol–water partition coefficient (Wildman–Crippen LogP) is 1.33. The van der Waals surface area contributed by atoms with E-state index < -0.39 is 112 Å². The first-order valence-electron chi connectivity index (χ1n) is 28.7. The van der Waals surface area contributed by atoms with Crippen LogP contribution in [0.15, 0.2) is 119 Å². The fourth-order valence-electron chi connectivity index (χ4n) is 10.9. The number of amides is 7. The van der Waals surface area contributed by atoms with Gasteiger partial charge in [0.2, 0.25) is 23.3 Å². The van der Waals surface area contributed by atoms with E-state index in [1.807, 2.05) is 37.3 Å². The molecule has 0 radical (unpaired) electrons. The van der Waals surface area contributed by atoms with Gasteiger partial charge in [0.25, 0.3) is 15.6 Å². The number of carboxylic acid groups (broad SMARTS) is 1. The van der Waals surface area contributed by atoms with Gasteiger partial charge in [0, 0.05) is 64.7 Å². The molecule has 10 N–H and O–H groups in total. The molecular weight excluding hydrogens is 1210 g/mol. The number of likely N-dealkylation sites (tertiary alicyclic amines) is 1. The van der Waals surface area contributed by atoms with E-state index in [2.05, 4.69) is 41.9 Å². The maximum absolute atomic E-state index is 14.4. The molecule has 3 aliphatic rings. The monoisotopic (exact) mass is 1280 g/mol. The molecule has 26 nitrogen and oxygen atoms in total. The van der Waals surface area contributed by atoms with Crippen molar-refractivity contribution < 1.29 is 90.9 Å². The zero-order chi connectivity index (χ0) is 63.9. The summed E-state index contributed by atoms with van der Waals surface area (Å²) in [6.07, 6.45) is -0.124. The van der Waals surface area contributed by atoms with E-state index in [1.54, 1.807) is 31.4 Å². The molecule has 3 aliphatic heterocycles. The van der Waals surface area contributed by atoms with Crippen LogP contribution in [-0.2, 0) is 67.0 Å². The molecule has 0 bridgehead atoms. The van der Waals surface area contributed by atoms with Crippen molar-refractivity contribution in [1.29, 1.82) is 0 Å². The summed E-state index contributed by atoms with van der Waals surface area (Å²) >= 11 is 5.55. The second-order valence-electron chi connectivity index (χ2n) is 21.9. The van der Waals surface area contributed by atoms with Gasteiger partial charge in [-0.1, -0.05) is 64.1 Å². The van der Waals surface area contributed by atoms with Crippen molar-refractivity contribution in [3.8, 4) is 11.4 Å². The number of carboxylic acids is 1. The topological polar surface area (TPSA) is 373 Å². The predicted molar refractivity (Wildman–Crippen MR) is 329 cm³/mol. The van der Waals surface area contributed by atoms with E-state index in [-0.39, 0.29) is 106 Å². The summed E-state index contributed by atoms with van der Waals surface area (Å²) < 4.78 is 42.5. The number of rotatable bonds is 22. The first kappa shape index (κ1) is 67.0. The molecule has 29 heteroatoms. The van der Waals surface area contributed by atoms with Crippen molar-refractivity contribution in [3.63, 3.8) is 0 Å².